The Bertz CT molecular complexity index is 383. The Labute approximate surface area is 101 Å². The third-order valence-corrected chi connectivity index (χ3v) is 2.97. The molecule has 0 aromatic carbocycles. The maximum absolute atomic E-state index is 11.9. The smallest absolute Gasteiger partial charge is 0.331 e. The summed E-state index contributed by atoms with van der Waals surface area (Å²) in [6, 6.07) is 3.29. The zero-order valence-corrected chi connectivity index (χ0v) is 10.2. The van der Waals surface area contributed by atoms with Crippen LogP contribution in [0, 0.1) is 6.92 Å². The fraction of sp³-hybridized carbons (Fsp3) is 0.583. The summed E-state index contributed by atoms with van der Waals surface area (Å²) in [5, 5.41) is 3.26. The van der Waals surface area contributed by atoms with Gasteiger partial charge in [-0.05, 0) is 19.1 Å². The number of rotatable bonds is 3. The van der Waals surface area contributed by atoms with Crippen LogP contribution in [0.4, 0.5) is 0 Å². The zero-order valence-electron chi connectivity index (χ0n) is 10.2. The van der Waals surface area contributed by atoms with Crippen molar-refractivity contribution >= 4 is 5.97 Å². The highest BCUT2D eigenvalue weighted by atomic mass is 16.5. The maximum Gasteiger partial charge on any atom is 0.331 e. The molecular formula is C12H18N2O3. The van der Waals surface area contributed by atoms with Crippen molar-refractivity contribution < 1.29 is 13.9 Å². The number of carbonyl (C=O) groups is 1. The van der Waals surface area contributed by atoms with Gasteiger partial charge in [-0.2, -0.15) is 0 Å². The SMILES string of the molecule is COC(=O)C(c1ccc(C)o1)N1CCNCC1. The summed E-state index contributed by atoms with van der Waals surface area (Å²) in [6.45, 7) is 5.27. The van der Waals surface area contributed by atoms with E-state index in [-0.39, 0.29) is 5.97 Å². The number of nitrogens with one attached hydrogen (secondary N) is 1. The first kappa shape index (κ1) is 12.1. The molecule has 0 saturated carbocycles. The van der Waals surface area contributed by atoms with Crippen molar-refractivity contribution in [2.75, 3.05) is 33.3 Å². The third kappa shape index (κ3) is 2.68. The van der Waals surface area contributed by atoms with Crippen LogP contribution >= 0.6 is 0 Å². The summed E-state index contributed by atoms with van der Waals surface area (Å²) < 4.78 is 10.4. The summed E-state index contributed by atoms with van der Waals surface area (Å²) in [4.78, 5) is 14.0. The second-order valence-electron chi connectivity index (χ2n) is 4.16. The number of aryl methyl sites for hydroxylation is 1. The number of furan rings is 1. The molecule has 1 N–H and O–H groups in total. The van der Waals surface area contributed by atoms with E-state index >= 15 is 0 Å². The summed E-state index contributed by atoms with van der Waals surface area (Å²) in [5.74, 6) is 1.21. The Morgan fingerprint density at radius 3 is 2.71 bits per heavy atom. The van der Waals surface area contributed by atoms with E-state index in [1.165, 1.54) is 7.11 Å². The normalized spacial score (nSPS) is 18.9. The number of hydrogen-bond donors (Lipinski definition) is 1. The molecule has 1 aromatic rings. The Hall–Kier alpha value is -1.33. The minimum Gasteiger partial charge on any atom is -0.467 e. The molecule has 0 spiro atoms. The molecular weight excluding hydrogens is 220 g/mol. The standard InChI is InChI=1S/C12H18N2O3/c1-9-3-4-10(17-9)11(12(15)16-2)14-7-5-13-6-8-14/h3-4,11,13H,5-8H2,1-2H3. The molecule has 2 rings (SSSR count). The number of hydrogen-bond acceptors (Lipinski definition) is 5. The number of methoxy groups -OCH3 is 1. The average molecular weight is 238 g/mol. The van der Waals surface area contributed by atoms with E-state index in [0.717, 1.165) is 31.9 Å². The fourth-order valence-electron chi connectivity index (χ4n) is 2.10. The zero-order chi connectivity index (χ0) is 12.3. The molecule has 1 fully saturated rings. The minimum absolute atomic E-state index is 0.263. The molecule has 1 unspecified atom stereocenters. The van der Waals surface area contributed by atoms with Crippen LogP contribution in [0.15, 0.2) is 16.5 Å². The molecule has 1 saturated heterocycles. The molecule has 2 heterocycles. The number of nitrogens with zero attached hydrogens (tertiary/aromatic N) is 1. The van der Waals surface area contributed by atoms with Gasteiger partial charge in [0.15, 0.2) is 6.04 Å². The molecule has 5 nitrogen and oxygen atoms in total. The van der Waals surface area contributed by atoms with Crippen molar-refractivity contribution in [1.82, 2.24) is 10.2 Å². The van der Waals surface area contributed by atoms with Crippen LogP contribution in [0.5, 0.6) is 0 Å². The molecule has 0 aliphatic carbocycles. The highest BCUT2D eigenvalue weighted by Gasteiger charge is 2.31. The monoisotopic (exact) mass is 238 g/mol. The van der Waals surface area contributed by atoms with Crippen LogP contribution in [0.3, 0.4) is 0 Å². The first-order valence-corrected chi connectivity index (χ1v) is 5.81. The topological polar surface area (TPSA) is 54.7 Å². The van der Waals surface area contributed by atoms with Crippen molar-refractivity contribution in [2.24, 2.45) is 0 Å². The van der Waals surface area contributed by atoms with Crippen molar-refractivity contribution in [3.63, 3.8) is 0 Å². The van der Waals surface area contributed by atoms with Gasteiger partial charge in [0.25, 0.3) is 0 Å². The molecule has 0 radical (unpaired) electrons. The molecule has 1 atom stereocenters. The van der Waals surface area contributed by atoms with Crippen LogP contribution in [-0.2, 0) is 9.53 Å². The summed E-state index contributed by atoms with van der Waals surface area (Å²) in [6.07, 6.45) is 0. The molecule has 1 aliphatic heterocycles. The molecule has 0 amide bonds. The number of piperazine rings is 1. The van der Waals surface area contributed by atoms with E-state index in [0.29, 0.717) is 5.76 Å². The Balaban J connectivity index is 2.21. The van der Waals surface area contributed by atoms with E-state index in [9.17, 15) is 4.79 Å². The second kappa shape index (κ2) is 5.33. The van der Waals surface area contributed by atoms with Gasteiger partial charge in [0.2, 0.25) is 0 Å². The van der Waals surface area contributed by atoms with Gasteiger partial charge in [0, 0.05) is 26.2 Å². The van der Waals surface area contributed by atoms with Crippen LogP contribution in [0.2, 0.25) is 0 Å². The predicted molar refractivity (Wildman–Crippen MR) is 62.6 cm³/mol. The van der Waals surface area contributed by atoms with Crippen molar-refractivity contribution in [2.45, 2.75) is 13.0 Å². The van der Waals surface area contributed by atoms with Crippen molar-refractivity contribution in [1.29, 1.82) is 0 Å². The van der Waals surface area contributed by atoms with Gasteiger partial charge in [-0.3, -0.25) is 4.90 Å². The average Bonchev–Trinajstić information content (AvgIpc) is 2.77. The molecule has 94 valence electrons. The van der Waals surface area contributed by atoms with E-state index < -0.39 is 6.04 Å². The largest absolute Gasteiger partial charge is 0.467 e. The quantitative estimate of drug-likeness (QED) is 0.786. The molecule has 1 aromatic heterocycles. The summed E-state index contributed by atoms with van der Waals surface area (Å²) in [5.41, 5.74) is 0. The maximum atomic E-state index is 11.9. The predicted octanol–water partition coefficient (Wildman–Crippen LogP) is 0.707. The lowest BCUT2D eigenvalue weighted by Gasteiger charge is -2.31. The Kier molecular flexibility index (Phi) is 3.81. The third-order valence-electron chi connectivity index (χ3n) is 2.97. The fourth-order valence-corrected chi connectivity index (χ4v) is 2.10. The van der Waals surface area contributed by atoms with Gasteiger partial charge in [0.1, 0.15) is 11.5 Å². The molecule has 0 bridgehead atoms. The second-order valence-corrected chi connectivity index (χ2v) is 4.16. The van der Waals surface area contributed by atoms with Gasteiger partial charge >= 0.3 is 5.97 Å². The summed E-state index contributed by atoms with van der Waals surface area (Å²) in [7, 11) is 1.41. The van der Waals surface area contributed by atoms with Crippen LogP contribution in [0.1, 0.15) is 17.6 Å². The van der Waals surface area contributed by atoms with E-state index in [1.54, 1.807) is 0 Å². The van der Waals surface area contributed by atoms with Gasteiger partial charge in [-0.15, -0.1) is 0 Å². The first-order chi connectivity index (χ1) is 8.22. The lowest BCUT2D eigenvalue weighted by atomic mass is 10.1. The highest BCUT2D eigenvalue weighted by molar-refractivity contribution is 5.76. The molecule has 1 aliphatic rings. The van der Waals surface area contributed by atoms with Gasteiger partial charge in [0.05, 0.1) is 7.11 Å². The molecule has 5 heteroatoms. The van der Waals surface area contributed by atoms with Gasteiger partial charge in [-0.1, -0.05) is 0 Å². The van der Waals surface area contributed by atoms with E-state index in [1.807, 2.05) is 19.1 Å². The number of esters is 1. The highest BCUT2D eigenvalue weighted by Crippen LogP contribution is 2.24. The molecule has 17 heavy (non-hydrogen) atoms. The van der Waals surface area contributed by atoms with Crippen molar-refractivity contribution in [3.8, 4) is 0 Å². The minimum atomic E-state index is -0.421. The van der Waals surface area contributed by atoms with Crippen molar-refractivity contribution in [3.05, 3.63) is 23.7 Å². The first-order valence-electron chi connectivity index (χ1n) is 5.81. The van der Waals surface area contributed by atoms with Gasteiger partial charge < -0.3 is 14.5 Å². The summed E-state index contributed by atoms with van der Waals surface area (Å²) >= 11 is 0. The van der Waals surface area contributed by atoms with Gasteiger partial charge in [-0.25, -0.2) is 4.79 Å². The Morgan fingerprint density at radius 1 is 1.47 bits per heavy atom. The van der Waals surface area contributed by atoms with E-state index in [2.05, 4.69) is 10.2 Å². The van der Waals surface area contributed by atoms with Crippen LogP contribution in [0.25, 0.3) is 0 Å². The Morgan fingerprint density at radius 2 is 2.18 bits per heavy atom. The number of ether oxygens (including phenoxy) is 1. The van der Waals surface area contributed by atoms with E-state index in [4.69, 9.17) is 9.15 Å². The lowest BCUT2D eigenvalue weighted by Crippen LogP contribution is -2.47. The van der Waals surface area contributed by atoms with Crippen LogP contribution < -0.4 is 5.32 Å². The van der Waals surface area contributed by atoms with Crippen LogP contribution in [-0.4, -0.2) is 44.2 Å². The lowest BCUT2D eigenvalue weighted by molar-refractivity contribution is -0.148. The number of carbonyl (C=O) groups excluding carboxylic acids is 1.